The lowest BCUT2D eigenvalue weighted by Crippen LogP contribution is -2.54. The van der Waals surface area contributed by atoms with Crippen molar-refractivity contribution in [2.24, 2.45) is 10.2 Å². The summed E-state index contributed by atoms with van der Waals surface area (Å²) in [6, 6.07) is 5.49. The summed E-state index contributed by atoms with van der Waals surface area (Å²) in [5.74, 6) is -0.219. The summed E-state index contributed by atoms with van der Waals surface area (Å²) in [6.07, 6.45) is -0.439. The van der Waals surface area contributed by atoms with E-state index in [1.165, 1.54) is 30.4 Å². The predicted molar refractivity (Wildman–Crippen MR) is 121 cm³/mol. The minimum absolute atomic E-state index is 0.0126. The Kier molecular flexibility index (Phi) is 5.35. The molecule has 1 aliphatic heterocycles. The summed E-state index contributed by atoms with van der Waals surface area (Å²) in [4.78, 5) is 8.80. The van der Waals surface area contributed by atoms with Gasteiger partial charge >= 0.3 is 6.18 Å². The smallest absolute Gasteiger partial charge is 0.322 e. The highest BCUT2D eigenvalue weighted by Crippen LogP contribution is 2.48. The number of nitrogens with two attached hydrogens (primary N) is 1. The predicted octanol–water partition coefficient (Wildman–Crippen LogP) is 4.32. The number of alkyl halides is 3. The second kappa shape index (κ2) is 8.01. The molecular formula is C21H21F4N7OS. The van der Waals surface area contributed by atoms with Gasteiger partial charge in [-0.15, -0.1) is 0 Å². The van der Waals surface area contributed by atoms with Crippen molar-refractivity contribution in [3.05, 3.63) is 36.3 Å². The van der Waals surface area contributed by atoms with E-state index in [1.54, 1.807) is 10.6 Å². The molecule has 3 aromatic rings. The van der Waals surface area contributed by atoms with Crippen LogP contribution in [0.4, 0.5) is 35.0 Å². The number of halogens is 4. The Balaban J connectivity index is 1.63. The van der Waals surface area contributed by atoms with Crippen LogP contribution in [0.5, 0.6) is 0 Å². The Morgan fingerprint density at radius 2 is 1.91 bits per heavy atom. The van der Waals surface area contributed by atoms with Crippen LogP contribution in [0, 0.1) is 5.82 Å². The molecule has 0 radical (unpaired) electrons. The number of nitrogens with zero attached hydrogens (tertiary/aromatic N) is 5. The molecule has 180 valence electrons. The van der Waals surface area contributed by atoms with Crippen LogP contribution in [0.25, 0.3) is 11.0 Å². The van der Waals surface area contributed by atoms with E-state index in [2.05, 4.69) is 20.4 Å². The molecule has 0 bridgehead atoms. The first kappa shape index (κ1) is 22.7. The summed E-state index contributed by atoms with van der Waals surface area (Å²) >= 11 is 0. The lowest BCUT2D eigenvalue weighted by Gasteiger charge is -2.45. The van der Waals surface area contributed by atoms with E-state index in [0.717, 1.165) is 12.5 Å². The van der Waals surface area contributed by atoms with E-state index >= 15 is 0 Å². The number of anilines is 3. The van der Waals surface area contributed by atoms with Gasteiger partial charge in [-0.1, -0.05) is 19.3 Å². The number of fused-ring (bicyclic) bond motifs is 4. The molecule has 2 aromatic heterocycles. The Bertz CT molecular complexity index is 1330. The first-order valence-electron chi connectivity index (χ1n) is 10.6. The fraction of sp³-hybridized carbons (Fsp3) is 0.381. The zero-order chi connectivity index (χ0) is 24.3. The fourth-order valence-corrected chi connectivity index (χ4v) is 5.28. The summed E-state index contributed by atoms with van der Waals surface area (Å²) in [7, 11) is -0.370. The minimum atomic E-state index is -4.61. The van der Waals surface area contributed by atoms with Crippen LogP contribution in [-0.4, -0.2) is 37.7 Å². The third-order valence-electron chi connectivity index (χ3n) is 6.34. The van der Waals surface area contributed by atoms with E-state index in [9.17, 15) is 21.8 Å². The van der Waals surface area contributed by atoms with Gasteiger partial charge in [0, 0.05) is 18.6 Å². The SMILES string of the molecule is CN1N=C(C(F)(F)F)C2(CCCCC2)n2c1cc1cnc(Nc3ccc(S(N)=O)cc3F)nc12. The molecule has 3 N–H and O–H groups in total. The normalized spacial score (nSPS) is 18.6. The number of aromatic nitrogens is 3. The van der Waals surface area contributed by atoms with Crippen LogP contribution in [0.2, 0.25) is 0 Å². The molecule has 13 heteroatoms. The average molecular weight is 496 g/mol. The molecule has 0 amide bonds. The molecule has 1 spiro atoms. The largest absolute Gasteiger partial charge is 0.433 e. The van der Waals surface area contributed by atoms with Gasteiger partial charge in [0.1, 0.15) is 28.3 Å². The number of hydrogen-bond donors (Lipinski definition) is 2. The maximum absolute atomic E-state index is 14.5. The van der Waals surface area contributed by atoms with Crippen LogP contribution in [-0.2, 0) is 16.5 Å². The van der Waals surface area contributed by atoms with Gasteiger partial charge in [0.05, 0.1) is 16.1 Å². The van der Waals surface area contributed by atoms with E-state index < -0.39 is 34.2 Å². The molecular weight excluding hydrogens is 474 g/mol. The van der Waals surface area contributed by atoms with Gasteiger partial charge in [0.25, 0.3) is 0 Å². The Hall–Kier alpha value is -3.06. The molecule has 8 nitrogen and oxygen atoms in total. The first-order chi connectivity index (χ1) is 16.1. The second-order valence-corrected chi connectivity index (χ2v) is 9.50. The number of benzene rings is 1. The third-order valence-corrected chi connectivity index (χ3v) is 7.06. The number of rotatable bonds is 3. The zero-order valence-electron chi connectivity index (χ0n) is 18.1. The van der Waals surface area contributed by atoms with Crippen molar-refractivity contribution in [3.8, 4) is 0 Å². The van der Waals surface area contributed by atoms with Gasteiger partial charge in [-0.05, 0) is 37.1 Å². The van der Waals surface area contributed by atoms with Crippen molar-refractivity contribution in [2.45, 2.75) is 48.7 Å². The van der Waals surface area contributed by atoms with E-state index in [4.69, 9.17) is 5.14 Å². The molecule has 3 heterocycles. The van der Waals surface area contributed by atoms with Gasteiger partial charge < -0.3 is 5.32 Å². The number of nitrogens with one attached hydrogen (secondary N) is 1. The van der Waals surface area contributed by atoms with Crippen LogP contribution in [0.3, 0.4) is 0 Å². The number of hydrazone groups is 1. The first-order valence-corrected chi connectivity index (χ1v) is 11.8. The summed E-state index contributed by atoms with van der Waals surface area (Å²) in [5, 5.41) is 13.7. The fourth-order valence-electron chi connectivity index (χ4n) is 4.86. The van der Waals surface area contributed by atoms with Gasteiger partial charge in [0.15, 0.2) is 5.71 Å². The molecule has 1 aromatic carbocycles. The molecule has 1 fully saturated rings. The Labute approximate surface area is 194 Å². The molecule has 1 atom stereocenters. The lowest BCUT2D eigenvalue weighted by atomic mass is 9.77. The van der Waals surface area contributed by atoms with Crippen molar-refractivity contribution in [3.63, 3.8) is 0 Å². The van der Waals surface area contributed by atoms with Crippen LogP contribution < -0.4 is 15.5 Å². The number of hydrogen-bond acceptors (Lipinski definition) is 6. The van der Waals surface area contributed by atoms with Gasteiger partial charge in [0.2, 0.25) is 5.95 Å². The maximum Gasteiger partial charge on any atom is 0.433 e. The Morgan fingerprint density at radius 1 is 1.18 bits per heavy atom. The lowest BCUT2D eigenvalue weighted by molar-refractivity contribution is -0.0685. The highest BCUT2D eigenvalue weighted by molar-refractivity contribution is 7.82. The monoisotopic (exact) mass is 495 g/mol. The summed E-state index contributed by atoms with van der Waals surface area (Å²) < 4.78 is 69.9. The molecule has 2 aliphatic rings. The highest BCUT2D eigenvalue weighted by atomic mass is 32.2. The Morgan fingerprint density at radius 3 is 2.56 bits per heavy atom. The van der Waals surface area contributed by atoms with Crippen LogP contribution in [0.1, 0.15) is 32.1 Å². The van der Waals surface area contributed by atoms with E-state index in [1.807, 2.05) is 0 Å². The topological polar surface area (TPSA) is 101 Å². The van der Waals surface area contributed by atoms with Crippen LogP contribution in [0.15, 0.2) is 40.5 Å². The van der Waals surface area contributed by atoms with E-state index in [0.29, 0.717) is 29.7 Å². The second-order valence-electron chi connectivity index (χ2n) is 8.44. The molecule has 0 saturated heterocycles. The maximum atomic E-state index is 14.5. The minimum Gasteiger partial charge on any atom is -0.322 e. The van der Waals surface area contributed by atoms with Crippen molar-refractivity contribution in [1.29, 1.82) is 0 Å². The molecule has 5 rings (SSSR count). The third kappa shape index (κ3) is 3.63. The van der Waals surface area contributed by atoms with Crippen molar-refractivity contribution in [1.82, 2.24) is 14.5 Å². The van der Waals surface area contributed by atoms with Crippen molar-refractivity contribution >= 4 is 45.2 Å². The highest BCUT2D eigenvalue weighted by Gasteiger charge is 2.55. The van der Waals surface area contributed by atoms with E-state index in [-0.39, 0.29) is 29.4 Å². The quantitative estimate of drug-likeness (QED) is 0.527. The van der Waals surface area contributed by atoms with Crippen LogP contribution >= 0.6 is 0 Å². The van der Waals surface area contributed by atoms with Gasteiger partial charge in [-0.25, -0.2) is 18.7 Å². The summed E-state index contributed by atoms with van der Waals surface area (Å²) in [5.41, 5.74) is -1.89. The molecule has 1 unspecified atom stereocenters. The average Bonchev–Trinajstić information content (AvgIpc) is 3.18. The van der Waals surface area contributed by atoms with Gasteiger partial charge in [-0.3, -0.25) is 9.58 Å². The van der Waals surface area contributed by atoms with Crippen molar-refractivity contribution < 1.29 is 21.8 Å². The van der Waals surface area contributed by atoms with Gasteiger partial charge in [-0.2, -0.15) is 23.3 Å². The molecule has 1 aliphatic carbocycles. The molecule has 34 heavy (non-hydrogen) atoms. The van der Waals surface area contributed by atoms with Crippen molar-refractivity contribution in [2.75, 3.05) is 17.4 Å². The summed E-state index contributed by atoms with van der Waals surface area (Å²) in [6.45, 7) is 0. The molecule has 1 saturated carbocycles. The zero-order valence-corrected chi connectivity index (χ0v) is 18.9. The standard InChI is InChI=1S/C21H21F4N7OS/c1-31-16-9-12-11-27-19(28-15-6-5-13(34(26)33)10-14(15)22)29-17(12)32(16)20(7-3-2-4-8-20)18(30-31)21(23,24)25/h5-6,9-11H,2-4,7-8,26H2,1H3,(H,27,28,29).